The third kappa shape index (κ3) is 0.966. The van der Waals surface area contributed by atoms with E-state index >= 15 is 0 Å². The second-order valence-electron chi connectivity index (χ2n) is 2.91. The number of rotatable bonds is 0. The Balaban J connectivity index is 2.99. The number of aromatic nitrogens is 2. The summed E-state index contributed by atoms with van der Waals surface area (Å²) in [5.41, 5.74) is 2.29. The van der Waals surface area contributed by atoms with Gasteiger partial charge in [0.1, 0.15) is 5.65 Å². The number of aryl methyl sites for hydroxylation is 2. The Morgan fingerprint density at radius 2 is 2.25 bits per heavy atom. The number of halogens is 1. The molecule has 0 spiro atoms. The van der Waals surface area contributed by atoms with Gasteiger partial charge in [-0.05, 0) is 34.5 Å². The summed E-state index contributed by atoms with van der Waals surface area (Å²) in [4.78, 5) is 4.30. The van der Waals surface area contributed by atoms with Crippen molar-refractivity contribution in [1.82, 2.24) is 9.55 Å². The van der Waals surface area contributed by atoms with Crippen LogP contribution in [0, 0.1) is 6.92 Å². The summed E-state index contributed by atoms with van der Waals surface area (Å²) in [5, 5.41) is 1.21. The summed E-state index contributed by atoms with van der Waals surface area (Å²) in [6.45, 7) is 2.09. The molecule has 0 radical (unpaired) electrons. The van der Waals surface area contributed by atoms with Crippen molar-refractivity contribution in [2.45, 2.75) is 6.92 Å². The molecule has 12 heavy (non-hydrogen) atoms. The monoisotopic (exact) mass is 224 g/mol. The van der Waals surface area contributed by atoms with Crippen molar-refractivity contribution < 1.29 is 0 Å². The maximum absolute atomic E-state index is 4.30. The van der Waals surface area contributed by atoms with Crippen LogP contribution in [0.2, 0.25) is 0 Å². The molecular weight excluding hydrogens is 216 g/mol. The number of pyridine rings is 1. The van der Waals surface area contributed by atoms with Crippen LogP contribution in [0.25, 0.3) is 11.0 Å². The fourth-order valence-corrected chi connectivity index (χ4v) is 2.08. The van der Waals surface area contributed by atoms with Crippen molar-refractivity contribution in [2.24, 2.45) is 7.05 Å². The summed E-state index contributed by atoms with van der Waals surface area (Å²) in [5.74, 6) is 0. The van der Waals surface area contributed by atoms with Crippen molar-refractivity contribution in [1.29, 1.82) is 0 Å². The van der Waals surface area contributed by atoms with Crippen LogP contribution in [0.5, 0.6) is 0 Å². The van der Waals surface area contributed by atoms with Crippen LogP contribution in [0.4, 0.5) is 0 Å². The maximum atomic E-state index is 4.30. The average molecular weight is 225 g/mol. The van der Waals surface area contributed by atoms with E-state index in [-0.39, 0.29) is 0 Å². The Morgan fingerprint density at radius 3 is 2.92 bits per heavy atom. The zero-order valence-electron chi connectivity index (χ0n) is 7.00. The van der Waals surface area contributed by atoms with Gasteiger partial charge in [0.2, 0.25) is 0 Å². The molecular formula is C9H9BrN2. The molecule has 62 valence electrons. The first-order valence-electron chi connectivity index (χ1n) is 3.76. The summed E-state index contributed by atoms with van der Waals surface area (Å²) in [7, 11) is 2.01. The molecule has 0 atom stereocenters. The summed E-state index contributed by atoms with van der Waals surface area (Å²) < 4.78 is 3.15. The van der Waals surface area contributed by atoms with Crippen LogP contribution in [0.1, 0.15) is 5.56 Å². The van der Waals surface area contributed by atoms with E-state index in [1.807, 2.05) is 23.9 Å². The van der Waals surface area contributed by atoms with Crippen molar-refractivity contribution >= 4 is 27.0 Å². The van der Waals surface area contributed by atoms with Gasteiger partial charge in [-0.25, -0.2) is 4.98 Å². The lowest BCUT2D eigenvalue weighted by Crippen LogP contribution is -1.86. The van der Waals surface area contributed by atoms with E-state index in [9.17, 15) is 0 Å². The third-order valence-electron chi connectivity index (χ3n) is 2.00. The van der Waals surface area contributed by atoms with Crippen LogP contribution >= 0.6 is 15.9 Å². The third-order valence-corrected chi connectivity index (χ3v) is 2.66. The Bertz CT molecular complexity index is 431. The molecule has 0 unspecified atom stereocenters. The number of fused-ring (bicyclic) bond motifs is 1. The molecule has 2 nitrogen and oxygen atoms in total. The molecule has 3 heteroatoms. The van der Waals surface area contributed by atoms with Crippen LogP contribution in [0.3, 0.4) is 0 Å². The van der Waals surface area contributed by atoms with E-state index in [0.29, 0.717) is 0 Å². The van der Waals surface area contributed by atoms with Crippen LogP contribution < -0.4 is 0 Å². The van der Waals surface area contributed by atoms with E-state index in [1.165, 1.54) is 10.9 Å². The van der Waals surface area contributed by atoms with Gasteiger partial charge < -0.3 is 4.57 Å². The average Bonchev–Trinajstić information content (AvgIpc) is 2.29. The van der Waals surface area contributed by atoms with Gasteiger partial charge in [0.05, 0.1) is 0 Å². The highest BCUT2D eigenvalue weighted by Crippen LogP contribution is 2.25. The zero-order valence-corrected chi connectivity index (χ0v) is 8.59. The summed E-state index contributed by atoms with van der Waals surface area (Å²) >= 11 is 3.51. The Hall–Kier alpha value is -0.830. The highest BCUT2D eigenvalue weighted by atomic mass is 79.9. The molecule has 0 bridgehead atoms. The van der Waals surface area contributed by atoms with Crippen LogP contribution in [-0.2, 0) is 7.05 Å². The molecule has 2 aromatic rings. The molecule has 0 aliphatic rings. The molecule has 2 aromatic heterocycles. The second kappa shape index (κ2) is 2.59. The predicted molar refractivity (Wildman–Crippen MR) is 53.2 cm³/mol. The van der Waals surface area contributed by atoms with E-state index in [4.69, 9.17) is 0 Å². The van der Waals surface area contributed by atoms with E-state index < -0.39 is 0 Å². The van der Waals surface area contributed by atoms with Crippen molar-refractivity contribution in [3.05, 3.63) is 28.5 Å². The molecule has 0 saturated carbocycles. The van der Waals surface area contributed by atoms with E-state index in [2.05, 4.69) is 34.0 Å². The fraction of sp³-hybridized carbons (Fsp3) is 0.222. The second-order valence-corrected chi connectivity index (χ2v) is 3.77. The highest BCUT2D eigenvalue weighted by Gasteiger charge is 2.05. The molecule has 2 rings (SSSR count). The van der Waals surface area contributed by atoms with Crippen molar-refractivity contribution in [2.75, 3.05) is 0 Å². The van der Waals surface area contributed by atoms with Crippen molar-refractivity contribution in [3.8, 4) is 0 Å². The Labute approximate surface area is 79.3 Å². The van der Waals surface area contributed by atoms with Crippen LogP contribution in [-0.4, -0.2) is 9.55 Å². The van der Waals surface area contributed by atoms with Gasteiger partial charge in [0.25, 0.3) is 0 Å². The van der Waals surface area contributed by atoms with Gasteiger partial charge in [0.15, 0.2) is 0 Å². The first-order chi connectivity index (χ1) is 5.70. The molecule has 0 aliphatic carbocycles. The van der Waals surface area contributed by atoms with Crippen molar-refractivity contribution in [3.63, 3.8) is 0 Å². The molecule has 0 aromatic carbocycles. The SMILES string of the molecule is Cc1cn(C)c2nccc(Br)c12. The minimum Gasteiger partial charge on any atom is -0.335 e. The number of nitrogens with zero attached hydrogens (tertiary/aromatic N) is 2. The summed E-state index contributed by atoms with van der Waals surface area (Å²) in [6.07, 6.45) is 3.90. The topological polar surface area (TPSA) is 17.8 Å². The Kier molecular flexibility index (Phi) is 1.68. The fourth-order valence-electron chi connectivity index (χ4n) is 1.48. The van der Waals surface area contributed by atoms with E-state index in [1.54, 1.807) is 0 Å². The molecule has 0 fully saturated rings. The predicted octanol–water partition coefficient (Wildman–Crippen LogP) is 2.64. The van der Waals surface area contributed by atoms with E-state index in [0.717, 1.165) is 10.1 Å². The minimum absolute atomic E-state index is 1.03. The Morgan fingerprint density at radius 1 is 1.50 bits per heavy atom. The van der Waals surface area contributed by atoms with Gasteiger partial charge in [-0.1, -0.05) is 0 Å². The lowest BCUT2D eigenvalue weighted by atomic mass is 10.2. The normalized spacial score (nSPS) is 10.9. The molecule has 0 aliphatic heterocycles. The molecule has 0 N–H and O–H groups in total. The zero-order chi connectivity index (χ0) is 8.72. The van der Waals surface area contributed by atoms with Gasteiger partial charge >= 0.3 is 0 Å². The molecule has 0 amide bonds. The smallest absolute Gasteiger partial charge is 0.140 e. The lowest BCUT2D eigenvalue weighted by Gasteiger charge is -1.95. The molecule has 2 heterocycles. The quantitative estimate of drug-likeness (QED) is 0.673. The maximum Gasteiger partial charge on any atom is 0.140 e. The lowest BCUT2D eigenvalue weighted by molar-refractivity contribution is 0.944. The number of hydrogen-bond acceptors (Lipinski definition) is 1. The largest absolute Gasteiger partial charge is 0.335 e. The van der Waals surface area contributed by atoms with Crippen LogP contribution in [0.15, 0.2) is 22.9 Å². The van der Waals surface area contributed by atoms with Gasteiger partial charge in [-0.15, -0.1) is 0 Å². The van der Waals surface area contributed by atoms with Gasteiger partial charge in [-0.3, -0.25) is 0 Å². The van der Waals surface area contributed by atoms with Gasteiger partial charge in [0, 0.05) is 29.3 Å². The first kappa shape index (κ1) is 7.80. The standard InChI is InChI=1S/C9H9BrN2/c1-6-5-12(2)9-8(6)7(10)3-4-11-9/h3-5H,1-2H3. The summed E-state index contributed by atoms with van der Waals surface area (Å²) in [6, 6.07) is 1.97. The highest BCUT2D eigenvalue weighted by molar-refractivity contribution is 9.10. The minimum atomic E-state index is 1.03. The first-order valence-corrected chi connectivity index (χ1v) is 4.55. The molecule has 0 saturated heterocycles. The van der Waals surface area contributed by atoms with Gasteiger partial charge in [-0.2, -0.15) is 0 Å². The number of hydrogen-bond donors (Lipinski definition) is 0.